The zero-order valence-corrected chi connectivity index (χ0v) is 7.59. The van der Waals surface area contributed by atoms with Crippen LogP contribution in [0.3, 0.4) is 0 Å². The summed E-state index contributed by atoms with van der Waals surface area (Å²) >= 11 is 0. The van der Waals surface area contributed by atoms with Crippen molar-refractivity contribution in [3.8, 4) is 0 Å². The van der Waals surface area contributed by atoms with Gasteiger partial charge in [-0.15, -0.1) is 0 Å². The molecule has 12 heavy (non-hydrogen) atoms. The van der Waals surface area contributed by atoms with Crippen LogP contribution in [0.15, 0.2) is 18.2 Å². The summed E-state index contributed by atoms with van der Waals surface area (Å²) in [6, 6.07) is 6.27. The number of amidine groups is 1. The molecule has 0 saturated heterocycles. The molecule has 0 amide bonds. The number of aryl methyl sites for hydroxylation is 2. The first-order valence-corrected chi connectivity index (χ1v) is 4.02. The van der Waals surface area contributed by atoms with Gasteiger partial charge in [0, 0.05) is 0 Å². The monoisotopic (exact) mass is 163 g/mol. The van der Waals surface area contributed by atoms with Crippen molar-refractivity contribution in [2.75, 3.05) is 0 Å². The third-order valence-corrected chi connectivity index (χ3v) is 1.98. The number of rotatable bonds is 2. The van der Waals surface area contributed by atoms with Gasteiger partial charge in [0.1, 0.15) is 0 Å². The van der Waals surface area contributed by atoms with E-state index in [4.69, 9.17) is 11.1 Å². The molecule has 2 nitrogen and oxygen atoms in total. The number of hydrogen-bond donors (Lipinski definition) is 2. The minimum Gasteiger partial charge on any atom is -0.291 e. The van der Waals surface area contributed by atoms with E-state index >= 15 is 0 Å². The van der Waals surface area contributed by atoms with Crippen LogP contribution in [0.25, 0.3) is 0 Å². The molecule has 0 unspecified atom stereocenters. The highest BCUT2D eigenvalue weighted by atomic mass is 14.7. The molecule has 0 bridgehead atoms. The fourth-order valence-electron chi connectivity index (χ4n) is 1.15. The maximum atomic E-state index is 5.41. The van der Waals surface area contributed by atoms with E-state index in [2.05, 4.69) is 32.0 Å². The van der Waals surface area contributed by atoms with E-state index < -0.39 is 0 Å². The molecule has 0 aliphatic rings. The van der Waals surface area contributed by atoms with Crippen LogP contribution in [0.1, 0.15) is 16.7 Å². The molecule has 0 atom stereocenters. The minimum absolute atomic E-state index is 0.471. The Kier molecular flexibility index (Phi) is 2.48. The van der Waals surface area contributed by atoms with E-state index in [0.717, 1.165) is 0 Å². The standard InChI is InChI=1S/C10H14N2/c1-7-3-4-9(5-8(7)2)6-10(11)12/h3-5H,6H2,1-2H3,(H3,11,12)/p+1. The third-order valence-electron chi connectivity index (χ3n) is 1.98. The van der Waals surface area contributed by atoms with E-state index in [9.17, 15) is 0 Å². The van der Waals surface area contributed by atoms with Crippen molar-refractivity contribution < 1.29 is 5.41 Å². The molecule has 0 aromatic heterocycles. The van der Waals surface area contributed by atoms with Gasteiger partial charge in [-0.2, -0.15) is 0 Å². The topological polar surface area (TPSA) is 51.6 Å². The van der Waals surface area contributed by atoms with Crippen molar-refractivity contribution in [1.29, 1.82) is 0 Å². The maximum absolute atomic E-state index is 5.41. The Balaban J connectivity index is 2.89. The summed E-state index contributed by atoms with van der Waals surface area (Å²) in [5, 5.41) is 5.41. The second-order valence-corrected chi connectivity index (χ2v) is 3.17. The first kappa shape index (κ1) is 8.78. The zero-order valence-electron chi connectivity index (χ0n) is 7.59. The van der Waals surface area contributed by atoms with Crippen molar-refractivity contribution in [3.63, 3.8) is 0 Å². The first-order chi connectivity index (χ1) is 5.59. The second kappa shape index (κ2) is 3.39. The molecule has 1 aromatic rings. The van der Waals surface area contributed by atoms with Crippen LogP contribution in [0.5, 0.6) is 0 Å². The summed E-state index contributed by atoms with van der Waals surface area (Å²) in [7, 11) is 0. The molecular formula is C10H15N2+. The lowest BCUT2D eigenvalue weighted by atomic mass is 10.0. The van der Waals surface area contributed by atoms with Gasteiger partial charge in [0.25, 0.3) is 0 Å². The van der Waals surface area contributed by atoms with Crippen LogP contribution in [-0.4, -0.2) is 5.84 Å². The first-order valence-electron chi connectivity index (χ1n) is 4.02. The van der Waals surface area contributed by atoms with E-state index in [-0.39, 0.29) is 0 Å². The van der Waals surface area contributed by atoms with Gasteiger partial charge in [-0.05, 0) is 30.5 Å². The van der Waals surface area contributed by atoms with Crippen molar-refractivity contribution >= 4 is 5.84 Å². The van der Waals surface area contributed by atoms with Crippen LogP contribution in [0, 0.1) is 13.8 Å². The molecule has 4 N–H and O–H groups in total. The average molecular weight is 163 g/mol. The highest BCUT2D eigenvalue weighted by molar-refractivity contribution is 5.76. The Labute approximate surface area is 72.9 Å². The number of benzene rings is 1. The number of nitrogens with two attached hydrogens (primary N) is 2. The molecule has 0 radical (unpaired) electrons. The number of hydrogen-bond acceptors (Lipinski definition) is 0. The van der Waals surface area contributed by atoms with Crippen molar-refractivity contribution in [1.82, 2.24) is 0 Å². The lowest BCUT2D eigenvalue weighted by Gasteiger charge is -2.01. The second-order valence-electron chi connectivity index (χ2n) is 3.17. The summed E-state index contributed by atoms with van der Waals surface area (Å²) in [6.07, 6.45) is 0.668. The third kappa shape index (κ3) is 2.09. The fraction of sp³-hybridized carbons (Fsp3) is 0.300. The van der Waals surface area contributed by atoms with Crippen molar-refractivity contribution in [3.05, 3.63) is 34.9 Å². The highest BCUT2D eigenvalue weighted by Crippen LogP contribution is 2.09. The summed E-state index contributed by atoms with van der Waals surface area (Å²) in [5.41, 5.74) is 9.17. The maximum Gasteiger partial charge on any atom is 0.242 e. The molecule has 2 heteroatoms. The smallest absolute Gasteiger partial charge is 0.242 e. The van der Waals surface area contributed by atoms with Gasteiger partial charge in [-0.3, -0.25) is 11.1 Å². The van der Waals surface area contributed by atoms with Gasteiger partial charge >= 0.3 is 0 Å². The van der Waals surface area contributed by atoms with Crippen LogP contribution in [0.4, 0.5) is 0 Å². The molecular weight excluding hydrogens is 148 g/mol. The molecule has 0 spiro atoms. The normalized spacial score (nSPS) is 9.83. The Morgan fingerprint density at radius 1 is 1.33 bits per heavy atom. The molecule has 0 aliphatic heterocycles. The summed E-state index contributed by atoms with van der Waals surface area (Å²) in [5.74, 6) is 0.471. The quantitative estimate of drug-likeness (QED) is 0.466. The summed E-state index contributed by atoms with van der Waals surface area (Å²) < 4.78 is 0. The predicted molar refractivity (Wildman–Crippen MR) is 50.7 cm³/mol. The van der Waals surface area contributed by atoms with Gasteiger partial charge in [0.15, 0.2) is 0 Å². The van der Waals surface area contributed by atoms with E-state index in [1.54, 1.807) is 0 Å². The van der Waals surface area contributed by atoms with Gasteiger partial charge in [0.05, 0.1) is 6.42 Å². The molecule has 0 aliphatic carbocycles. The molecule has 1 aromatic carbocycles. The zero-order chi connectivity index (χ0) is 9.14. The lowest BCUT2D eigenvalue weighted by molar-refractivity contribution is -0.117. The molecule has 0 saturated carbocycles. The largest absolute Gasteiger partial charge is 0.291 e. The predicted octanol–water partition coefficient (Wildman–Crippen LogP) is -0.0378. The Morgan fingerprint density at radius 3 is 2.50 bits per heavy atom. The van der Waals surface area contributed by atoms with Crippen molar-refractivity contribution in [2.45, 2.75) is 20.3 Å². The van der Waals surface area contributed by atoms with E-state index in [0.29, 0.717) is 12.3 Å². The SMILES string of the molecule is Cc1ccc(CC(N)=[NH2+])cc1C. The van der Waals surface area contributed by atoms with Crippen LogP contribution in [0.2, 0.25) is 0 Å². The highest BCUT2D eigenvalue weighted by Gasteiger charge is 2.00. The fourth-order valence-corrected chi connectivity index (χ4v) is 1.15. The molecule has 0 heterocycles. The van der Waals surface area contributed by atoms with Gasteiger partial charge in [-0.25, -0.2) is 0 Å². The average Bonchev–Trinajstić information content (AvgIpc) is 1.96. The van der Waals surface area contributed by atoms with Gasteiger partial charge in [0.2, 0.25) is 5.84 Å². The van der Waals surface area contributed by atoms with Crippen molar-refractivity contribution in [2.24, 2.45) is 5.73 Å². The minimum atomic E-state index is 0.471. The Hall–Kier alpha value is -1.31. The van der Waals surface area contributed by atoms with E-state index in [1.165, 1.54) is 16.7 Å². The molecule has 64 valence electrons. The lowest BCUT2D eigenvalue weighted by Crippen LogP contribution is -2.46. The van der Waals surface area contributed by atoms with Crippen LogP contribution >= 0.6 is 0 Å². The van der Waals surface area contributed by atoms with Crippen LogP contribution < -0.4 is 11.1 Å². The molecule has 0 fully saturated rings. The summed E-state index contributed by atoms with van der Waals surface area (Å²) in [4.78, 5) is 0. The Morgan fingerprint density at radius 2 is 2.00 bits per heavy atom. The van der Waals surface area contributed by atoms with Crippen LogP contribution in [-0.2, 0) is 6.42 Å². The summed E-state index contributed by atoms with van der Waals surface area (Å²) in [6.45, 7) is 4.18. The van der Waals surface area contributed by atoms with Gasteiger partial charge < -0.3 is 0 Å². The molecule has 1 rings (SSSR count). The van der Waals surface area contributed by atoms with E-state index in [1.807, 2.05) is 0 Å². The van der Waals surface area contributed by atoms with Gasteiger partial charge in [-0.1, -0.05) is 18.2 Å². The Bertz CT molecular complexity index is 303.